The molecule has 0 fully saturated rings. The number of oxime groups is 1. The van der Waals surface area contributed by atoms with Crippen LogP contribution in [0.15, 0.2) is 29.4 Å². The minimum Gasteiger partial charge on any atom is -0.409 e. The first-order chi connectivity index (χ1) is 9.20. The maximum atomic E-state index is 8.50. The lowest BCUT2D eigenvalue weighted by Crippen LogP contribution is -2.35. The molecule has 19 heavy (non-hydrogen) atoms. The Balaban J connectivity index is 1.90. The summed E-state index contributed by atoms with van der Waals surface area (Å²) in [5, 5.41) is 11.5. The molecule has 1 atom stereocenters. The molecule has 2 rings (SSSR count). The van der Waals surface area contributed by atoms with E-state index in [0.29, 0.717) is 18.2 Å². The van der Waals surface area contributed by atoms with Crippen molar-refractivity contribution in [1.29, 1.82) is 0 Å². The third-order valence-electron chi connectivity index (χ3n) is 3.67. The molecule has 4 heteroatoms. The Morgan fingerprint density at radius 3 is 3.00 bits per heavy atom. The van der Waals surface area contributed by atoms with E-state index in [1.807, 2.05) is 0 Å². The van der Waals surface area contributed by atoms with Crippen molar-refractivity contribution in [2.45, 2.75) is 32.6 Å². The molecule has 4 nitrogen and oxygen atoms in total. The second kappa shape index (κ2) is 6.45. The van der Waals surface area contributed by atoms with Crippen LogP contribution in [-0.4, -0.2) is 24.1 Å². The van der Waals surface area contributed by atoms with E-state index in [4.69, 9.17) is 10.9 Å². The molecule has 1 aliphatic rings. The lowest BCUT2D eigenvalue weighted by molar-refractivity contribution is 0.316. The third kappa shape index (κ3) is 3.63. The Hall–Kier alpha value is -1.71. The first kappa shape index (κ1) is 13.7. The van der Waals surface area contributed by atoms with E-state index in [0.717, 1.165) is 25.9 Å². The maximum absolute atomic E-state index is 8.50. The zero-order valence-electron chi connectivity index (χ0n) is 11.5. The number of nitrogens with zero attached hydrogens (tertiary/aromatic N) is 2. The van der Waals surface area contributed by atoms with Crippen molar-refractivity contribution in [1.82, 2.24) is 0 Å². The highest BCUT2D eigenvalue weighted by Crippen LogP contribution is 2.29. The number of hydrogen-bond acceptors (Lipinski definition) is 3. The van der Waals surface area contributed by atoms with Crippen LogP contribution < -0.4 is 10.6 Å². The van der Waals surface area contributed by atoms with Crippen LogP contribution in [0.25, 0.3) is 0 Å². The van der Waals surface area contributed by atoms with Crippen molar-refractivity contribution in [2.24, 2.45) is 16.8 Å². The van der Waals surface area contributed by atoms with Gasteiger partial charge < -0.3 is 15.8 Å². The molecule has 0 saturated carbocycles. The number of hydrogen-bond donors (Lipinski definition) is 2. The van der Waals surface area contributed by atoms with Crippen molar-refractivity contribution in [2.75, 3.05) is 18.0 Å². The summed E-state index contributed by atoms with van der Waals surface area (Å²) in [7, 11) is 0. The van der Waals surface area contributed by atoms with Crippen LogP contribution >= 0.6 is 0 Å². The molecular formula is C15H23N3O. The van der Waals surface area contributed by atoms with Gasteiger partial charge in [0.2, 0.25) is 0 Å². The molecule has 0 aromatic heterocycles. The second-order valence-electron chi connectivity index (χ2n) is 5.43. The van der Waals surface area contributed by atoms with Gasteiger partial charge in [-0.15, -0.1) is 0 Å². The molecule has 1 aromatic rings. The van der Waals surface area contributed by atoms with Crippen molar-refractivity contribution >= 4 is 11.5 Å². The van der Waals surface area contributed by atoms with Crippen molar-refractivity contribution < 1.29 is 5.21 Å². The minimum atomic E-state index is 0.326. The average Bonchev–Trinajstić information content (AvgIpc) is 2.42. The number of unbranched alkanes of at least 4 members (excludes halogenated alkanes) is 1. The van der Waals surface area contributed by atoms with Crippen LogP contribution in [0.5, 0.6) is 0 Å². The SMILES string of the molecule is CC1Cc2ccccc2N(CCCCC(N)=NO)C1. The van der Waals surface area contributed by atoms with Gasteiger partial charge in [-0.25, -0.2) is 0 Å². The van der Waals surface area contributed by atoms with E-state index >= 15 is 0 Å². The molecule has 1 aliphatic heterocycles. The quantitative estimate of drug-likeness (QED) is 0.281. The fourth-order valence-corrected chi connectivity index (χ4v) is 2.78. The Morgan fingerprint density at radius 2 is 2.21 bits per heavy atom. The highest BCUT2D eigenvalue weighted by atomic mass is 16.4. The van der Waals surface area contributed by atoms with E-state index in [9.17, 15) is 0 Å². The molecule has 1 unspecified atom stereocenters. The molecular weight excluding hydrogens is 238 g/mol. The van der Waals surface area contributed by atoms with Gasteiger partial charge in [0.05, 0.1) is 0 Å². The number of rotatable bonds is 5. The Labute approximate surface area is 114 Å². The Kier molecular flexibility index (Phi) is 4.66. The zero-order chi connectivity index (χ0) is 13.7. The van der Waals surface area contributed by atoms with Gasteiger partial charge in [-0.1, -0.05) is 30.3 Å². The normalized spacial score (nSPS) is 19.3. The van der Waals surface area contributed by atoms with Crippen LogP contribution in [0.2, 0.25) is 0 Å². The standard InChI is InChI=1S/C15H23N3O/c1-12-10-13-6-2-3-7-14(13)18(11-12)9-5-4-8-15(16)17-19/h2-3,6-7,12,19H,4-5,8-11H2,1H3,(H2,16,17). The fourth-order valence-electron chi connectivity index (χ4n) is 2.78. The summed E-state index contributed by atoms with van der Waals surface area (Å²) < 4.78 is 0. The van der Waals surface area contributed by atoms with Gasteiger partial charge in [0.25, 0.3) is 0 Å². The number of nitrogens with two attached hydrogens (primary N) is 1. The number of anilines is 1. The summed E-state index contributed by atoms with van der Waals surface area (Å²) in [6, 6.07) is 8.67. The van der Waals surface area contributed by atoms with Crippen molar-refractivity contribution in [3.63, 3.8) is 0 Å². The first-order valence-corrected chi connectivity index (χ1v) is 7.00. The topological polar surface area (TPSA) is 61.8 Å². The van der Waals surface area contributed by atoms with E-state index in [1.54, 1.807) is 0 Å². The van der Waals surface area contributed by atoms with Gasteiger partial charge in [-0.05, 0) is 36.8 Å². The van der Waals surface area contributed by atoms with Gasteiger partial charge in [0.15, 0.2) is 0 Å². The van der Waals surface area contributed by atoms with E-state index in [2.05, 4.69) is 41.2 Å². The molecule has 3 N–H and O–H groups in total. The monoisotopic (exact) mass is 261 g/mol. The van der Waals surface area contributed by atoms with Gasteiger partial charge >= 0.3 is 0 Å². The molecule has 0 amide bonds. The van der Waals surface area contributed by atoms with Gasteiger partial charge in [-0.3, -0.25) is 0 Å². The summed E-state index contributed by atoms with van der Waals surface area (Å²) in [5.74, 6) is 1.03. The molecule has 1 aromatic carbocycles. The number of benzene rings is 1. The first-order valence-electron chi connectivity index (χ1n) is 7.00. The third-order valence-corrected chi connectivity index (χ3v) is 3.67. The van der Waals surface area contributed by atoms with Crippen LogP contribution in [0, 0.1) is 5.92 Å². The largest absolute Gasteiger partial charge is 0.409 e. The summed E-state index contributed by atoms with van der Waals surface area (Å²) >= 11 is 0. The molecule has 0 radical (unpaired) electrons. The Bertz CT molecular complexity index is 445. The van der Waals surface area contributed by atoms with E-state index < -0.39 is 0 Å². The average molecular weight is 261 g/mol. The summed E-state index contributed by atoms with van der Waals surface area (Å²) in [5.41, 5.74) is 8.31. The molecule has 0 bridgehead atoms. The molecule has 0 spiro atoms. The number of fused-ring (bicyclic) bond motifs is 1. The lowest BCUT2D eigenvalue weighted by Gasteiger charge is -2.35. The highest BCUT2D eigenvalue weighted by molar-refractivity contribution is 5.79. The fraction of sp³-hybridized carbons (Fsp3) is 0.533. The minimum absolute atomic E-state index is 0.326. The van der Waals surface area contributed by atoms with Crippen molar-refractivity contribution in [3.05, 3.63) is 29.8 Å². The smallest absolute Gasteiger partial charge is 0.139 e. The van der Waals surface area contributed by atoms with Crippen LogP contribution in [-0.2, 0) is 6.42 Å². The van der Waals surface area contributed by atoms with Gasteiger partial charge in [0.1, 0.15) is 5.84 Å². The lowest BCUT2D eigenvalue weighted by atomic mass is 9.94. The summed E-state index contributed by atoms with van der Waals surface area (Å²) in [6.45, 7) is 4.47. The molecule has 0 saturated heterocycles. The predicted octanol–water partition coefficient (Wildman–Crippen LogP) is 2.60. The Morgan fingerprint density at radius 1 is 1.42 bits per heavy atom. The van der Waals surface area contributed by atoms with Gasteiger partial charge in [0, 0.05) is 25.2 Å². The van der Waals surface area contributed by atoms with Crippen LogP contribution in [0.3, 0.4) is 0 Å². The summed E-state index contributed by atoms with van der Waals surface area (Å²) in [4.78, 5) is 2.47. The molecule has 1 heterocycles. The van der Waals surface area contributed by atoms with E-state index in [1.165, 1.54) is 17.7 Å². The summed E-state index contributed by atoms with van der Waals surface area (Å²) in [6.07, 6.45) is 3.87. The number of amidine groups is 1. The molecule has 0 aliphatic carbocycles. The van der Waals surface area contributed by atoms with Crippen molar-refractivity contribution in [3.8, 4) is 0 Å². The van der Waals surface area contributed by atoms with Crippen LogP contribution in [0.4, 0.5) is 5.69 Å². The molecule has 104 valence electrons. The van der Waals surface area contributed by atoms with Gasteiger partial charge in [-0.2, -0.15) is 0 Å². The highest BCUT2D eigenvalue weighted by Gasteiger charge is 2.20. The maximum Gasteiger partial charge on any atom is 0.139 e. The predicted molar refractivity (Wildman–Crippen MR) is 78.8 cm³/mol. The zero-order valence-corrected chi connectivity index (χ0v) is 11.5. The van der Waals surface area contributed by atoms with Crippen LogP contribution in [0.1, 0.15) is 31.7 Å². The second-order valence-corrected chi connectivity index (χ2v) is 5.43. The van der Waals surface area contributed by atoms with E-state index in [-0.39, 0.29) is 0 Å². The number of para-hydroxylation sites is 1.